The number of hydrogen-bond donors (Lipinski definition) is 1. The van der Waals surface area contributed by atoms with Crippen LogP contribution >= 0.6 is 0 Å². The lowest BCUT2D eigenvalue weighted by atomic mass is 9.80. The monoisotopic (exact) mass is 376 g/mol. The Morgan fingerprint density at radius 2 is 1.89 bits per heavy atom. The summed E-state index contributed by atoms with van der Waals surface area (Å²) >= 11 is 0. The van der Waals surface area contributed by atoms with E-state index in [1.54, 1.807) is 26.8 Å². The van der Waals surface area contributed by atoms with Gasteiger partial charge in [-0.05, 0) is 26.3 Å². The number of carbonyl (C=O) groups is 2. The molecular weight excluding hydrogens is 356 g/mol. The molecule has 1 aliphatic heterocycles. The number of nitro groups is 1. The Labute approximate surface area is 155 Å². The van der Waals surface area contributed by atoms with Crippen molar-refractivity contribution in [3.8, 4) is 0 Å². The molecule has 9 nitrogen and oxygen atoms in total. The number of hydroxylamine groups is 2. The number of carboxylic acid groups (broad SMARTS) is 1. The zero-order valence-electron chi connectivity index (χ0n) is 15.4. The third kappa shape index (κ3) is 3.68. The summed E-state index contributed by atoms with van der Waals surface area (Å²) < 4.78 is 4.85. The van der Waals surface area contributed by atoms with Crippen LogP contribution in [0.15, 0.2) is 46.8 Å². The van der Waals surface area contributed by atoms with Crippen LogP contribution in [-0.4, -0.2) is 40.7 Å². The van der Waals surface area contributed by atoms with E-state index in [1.807, 2.05) is 0 Å². The van der Waals surface area contributed by atoms with Gasteiger partial charge in [-0.2, -0.15) is 0 Å². The highest BCUT2D eigenvalue weighted by atomic mass is 16.7. The van der Waals surface area contributed by atoms with Crippen molar-refractivity contribution in [3.63, 3.8) is 0 Å². The Morgan fingerprint density at radius 3 is 2.41 bits per heavy atom. The Hall–Kier alpha value is -3.20. The number of aliphatic carboxylic acids is 1. The van der Waals surface area contributed by atoms with Crippen LogP contribution in [0.1, 0.15) is 32.3 Å². The first-order valence-corrected chi connectivity index (χ1v) is 8.15. The minimum atomic E-state index is -1.26. The lowest BCUT2D eigenvalue weighted by molar-refractivity contribution is -0.384. The Morgan fingerprint density at radius 1 is 1.26 bits per heavy atom. The number of nitrogens with zero attached hydrogens (tertiary/aromatic N) is 2. The fourth-order valence-corrected chi connectivity index (χ4v) is 3.16. The van der Waals surface area contributed by atoms with Crippen LogP contribution in [0.5, 0.6) is 0 Å². The molecule has 0 aromatic heterocycles. The van der Waals surface area contributed by atoms with E-state index in [1.165, 1.54) is 30.4 Å². The van der Waals surface area contributed by atoms with Crippen LogP contribution in [0.2, 0.25) is 0 Å². The number of carbonyl (C=O) groups excluding carboxylic acids is 1. The average Bonchev–Trinajstić information content (AvgIpc) is 2.63. The fourth-order valence-electron chi connectivity index (χ4n) is 3.16. The van der Waals surface area contributed by atoms with Crippen molar-refractivity contribution in [2.75, 3.05) is 13.7 Å². The topological polar surface area (TPSA) is 119 Å². The van der Waals surface area contributed by atoms with Gasteiger partial charge < -0.3 is 9.84 Å². The first-order chi connectivity index (χ1) is 12.7. The number of nitro benzene ring substituents is 1. The number of allylic oxidation sites excluding steroid dienone is 2. The molecule has 0 fully saturated rings. The molecule has 0 spiro atoms. The van der Waals surface area contributed by atoms with E-state index in [2.05, 4.69) is 0 Å². The lowest BCUT2D eigenvalue weighted by Gasteiger charge is -2.36. The number of esters is 1. The van der Waals surface area contributed by atoms with Crippen LogP contribution in [-0.2, 0) is 19.2 Å². The van der Waals surface area contributed by atoms with E-state index in [9.17, 15) is 24.8 Å². The molecule has 1 aliphatic rings. The zero-order valence-corrected chi connectivity index (χ0v) is 15.4. The van der Waals surface area contributed by atoms with Gasteiger partial charge in [-0.15, -0.1) is 0 Å². The van der Waals surface area contributed by atoms with Gasteiger partial charge >= 0.3 is 11.9 Å². The van der Waals surface area contributed by atoms with Gasteiger partial charge in [0.1, 0.15) is 0 Å². The van der Waals surface area contributed by atoms with E-state index in [-0.39, 0.29) is 29.1 Å². The van der Waals surface area contributed by atoms with Crippen molar-refractivity contribution in [1.82, 2.24) is 5.06 Å². The first kappa shape index (κ1) is 20.1. The minimum absolute atomic E-state index is 0.0504. The van der Waals surface area contributed by atoms with E-state index in [0.29, 0.717) is 11.3 Å². The Bertz CT molecular complexity index is 857. The van der Waals surface area contributed by atoms with Gasteiger partial charge in [0.05, 0.1) is 47.1 Å². The highest BCUT2D eigenvalue weighted by Crippen LogP contribution is 2.43. The number of non-ortho nitro benzene ring substituents is 1. The van der Waals surface area contributed by atoms with Crippen molar-refractivity contribution in [2.24, 2.45) is 0 Å². The second-order valence-electron chi connectivity index (χ2n) is 5.79. The molecule has 1 atom stereocenters. The van der Waals surface area contributed by atoms with Crippen LogP contribution in [0, 0.1) is 10.1 Å². The van der Waals surface area contributed by atoms with Crippen LogP contribution in [0.4, 0.5) is 5.69 Å². The molecule has 0 saturated carbocycles. The maximum atomic E-state index is 12.5. The quantitative estimate of drug-likeness (QED) is 0.457. The van der Waals surface area contributed by atoms with Crippen molar-refractivity contribution in [3.05, 3.63) is 62.5 Å². The standard InChI is InChI=1S/C18H20N2O7/c1-5-27-19-10(2)14(17(21)22)16(15(11(19)3)18(23)26-4)12-7-6-8-13(9-12)20(24)25/h6-9,16H,5H2,1-4H3,(H,21,22). The predicted octanol–water partition coefficient (Wildman–Crippen LogP) is 2.75. The first-order valence-electron chi connectivity index (χ1n) is 8.15. The smallest absolute Gasteiger partial charge is 0.336 e. The van der Waals surface area contributed by atoms with Crippen molar-refractivity contribution >= 4 is 17.6 Å². The molecule has 1 unspecified atom stereocenters. The summed E-state index contributed by atoms with van der Waals surface area (Å²) in [5.74, 6) is -3.03. The highest BCUT2D eigenvalue weighted by molar-refractivity contribution is 5.99. The van der Waals surface area contributed by atoms with Gasteiger partial charge in [0.25, 0.3) is 5.69 Å². The van der Waals surface area contributed by atoms with Gasteiger partial charge in [0, 0.05) is 12.1 Å². The molecular formula is C18H20N2O7. The van der Waals surface area contributed by atoms with Gasteiger partial charge in [-0.25, -0.2) is 14.7 Å². The summed E-state index contributed by atoms with van der Waals surface area (Å²) in [5.41, 5.74) is 0.680. The van der Waals surface area contributed by atoms with Gasteiger partial charge in [-0.1, -0.05) is 12.1 Å². The van der Waals surface area contributed by atoms with E-state index >= 15 is 0 Å². The molecule has 144 valence electrons. The minimum Gasteiger partial charge on any atom is -0.478 e. The van der Waals surface area contributed by atoms with E-state index in [4.69, 9.17) is 9.57 Å². The molecule has 0 amide bonds. The summed E-state index contributed by atoms with van der Waals surface area (Å²) in [5, 5.41) is 22.2. The fraction of sp³-hybridized carbons (Fsp3) is 0.333. The van der Waals surface area contributed by atoms with Crippen molar-refractivity contribution < 1.29 is 29.2 Å². The zero-order chi connectivity index (χ0) is 20.3. The second kappa shape index (κ2) is 8.00. The maximum absolute atomic E-state index is 12.5. The molecule has 27 heavy (non-hydrogen) atoms. The average molecular weight is 376 g/mol. The molecule has 1 N–H and O–H groups in total. The predicted molar refractivity (Wildman–Crippen MR) is 94.4 cm³/mol. The van der Waals surface area contributed by atoms with Gasteiger partial charge in [0.15, 0.2) is 0 Å². The van der Waals surface area contributed by atoms with Crippen molar-refractivity contribution in [1.29, 1.82) is 0 Å². The molecule has 0 bridgehead atoms. The number of rotatable bonds is 6. The SMILES string of the molecule is CCON1C(C)=C(C(=O)O)C(c2cccc([N+](=O)[O-])c2)C(C(=O)OC)=C1C. The van der Waals surface area contributed by atoms with E-state index in [0.717, 1.165) is 0 Å². The number of methoxy groups -OCH3 is 1. The molecule has 0 aliphatic carbocycles. The van der Waals surface area contributed by atoms with Gasteiger partial charge in [0.2, 0.25) is 0 Å². The Balaban J connectivity index is 2.79. The molecule has 9 heteroatoms. The largest absolute Gasteiger partial charge is 0.478 e. The molecule has 0 saturated heterocycles. The molecule has 1 aromatic carbocycles. The van der Waals surface area contributed by atoms with Crippen LogP contribution in [0.25, 0.3) is 0 Å². The summed E-state index contributed by atoms with van der Waals surface area (Å²) in [7, 11) is 1.18. The maximum Gasteiger partial charge on any atom is 0.336 e. The molecule has 2 rings (SSSR count). The van der Waals surface area contributed by atoms with Crippen LogP contribution in [0.3, 0.4) is 0 Å². The summed E-state index contributed by atoms with van der Waals surface area (Å²) in [4.78, 5) is 40.6. The Kier molecular flexibility index (Phi) is 5.96. The van der Waals surface area contributed by atoms with Crippen molar-refractivity contribution in [2.45, 2.75) is 26.7 Å². The molecule has 0 radical (unpaired) electrons. The third-order valence-corrected chi connectivity index (χ3v) is 4.27. The molecule has 1 heterocycles. The number of carboxylic acids is 1. The van der Waals surface area contributed by atoms with E-state index < -0.39 is 22.8 Å². The number of ether oxygens (including phenoxy) is 1. The second-order valence-corrected chi connectivity index (χ2v) is 5.79. The molecule has 1 aromatic rings. The lowest BCUT2D eigenvalue weighted by Crippen LogP contribution is -2.34. The highest BCUT2D eigenvalue weighted by Gasteiger charge is 2.40. The number of hydrogen-bond acceptors (Lipinski definition) is 7. The summed E-state index contributed by atoms with van der Waals surface area (Å²) in [6.45, 7) is 5.14. The normalized spacial score (nSPS) is 17.2. The van der Waals surface area contributed by atoms with Crippen LogP contribution < -0.4 is 0 Å². The van der Waals surface area contributed by atoms with Gasteiger partial charge in [-0.3, -0.25) is 15.0 Å². The third-order valence-electron chi connectivity index (χ3n) is 4.27. The number of benzene rings is 1. The summed E-state index contributed by atoms with van der Waals surface area (Å²) in [6, 6.07) is 5.54. The summed E-state index contributed by atoms with van der Waals surface area (Å²) in [6.07, 6.45) is 0.